The van der Waals surface area contributed by atoms with Crippen molar-refractivity contribution in [1.82, 2.24) is 4.72 Å². The molecule has 7 nitrogen and oxygen atoms in total. The maximum atomic E-state index is 13.0. The fourth-order valence-corrected chi connectivity index (χ4v) is 5.53. The lowest BCUT2D eigenvalue weighted by molar-refractivity contribution is -0.295. The molecule has 0 heterocycles. The summed E-state index contributed by atoms with van der Waals surface area (Å²) in [5.74, 6) is -1.99. The molecule has 3 rings (SSSR count). The zero-order chi connectivity index (χ0) is 24.4. The van der Waals surface area contributed by atoms with E-state index in [1.165, 1.54) is 4.90 Å². The van der Waals surface area contributed by atoms with E-state index in [4.69, 9.17) is 0 Å². The maximum Gasteiger partial charge on any atom is 0.417 e. The Hall–Kier alpha value is -1.66. The molecule has 12 heteroatoms. The number of unbranched alkanes of at least 4 members (excludes halogenated alkanes) is 2. The normalized spacial score (nSPS) is 23.0. The number of anilines is 1. The Balaban J connectivity index is 1.53. The Labute approximate surface area is 198 Å². The van der Waals surface area contributed by atoms with Gasteiger partial charge in [-0.05, 0) is 56.7 Å². The first-order valence-corrected chi connectivity index (χ1v) is 13.1. The molecule has 0 atom stereocenters. The third kappa shape index (κ3) is 6.48. The fourth-order valence-electron chi connectivity index (χ4n) is 3.80. The highest BCUT2D eigenvalue weighted by Crippen LogP contribution is 2.49. The number of alkyl halides is 3. The van der Waals surface area contributed by atoms with Gasteiger partial charge in [0.25, 0.3) is 0 Å². The molecule has 2 aliphatic rings. The highest BCUT2D eigenvalue weighted by Gasteiger charge is 2.63. The summed E-state index contributed by atoms with van der Waals surface area (Å²) in [4.78, 5) is 26.2. The minimum atomic E-state index is -4.78. The molecule has 0 bridgehead atoms. The number of rotatable bonds is 10. The van der Waals surface area contributed by atoms with Crippen LogP contribution in [0.1, 0.15) is 51.4 Å². The molecule has 1 aromatic carbocycles. The molecule has 0 saturated heterocycles. The van der Waals surface area contributed by atoms with Crippen molar-refractivity contribution >= 4 is 43.5 Å². The predicted molar refractivity (Wildman–Crippen MR) is 119 cm³/mol. The number of nitrogens with zero attached hydrogens (tertiary/aromatic N) is 1. The standard InChI is InChI=1S/C21H26BrF3N2O5S/c22-15-5-4-6-16(11-15)27(19(29)14-12-20(30,13-14)21(23,24)25)10-3-1-2-7-18(28)26-33(31,32)17-8-9-17/h4-6,11,14,17,30H,1-3,7-10,12-13H2,(H,26,28)/t14-,20+. The van der Waals surface area contributed by atoms with Crippen molar-refractivity contribution in [2.75, 3.05) is 11.4 Å². The zero-order valence-corrected chi connectivity index (χ0v) is 20.2. The number of nitrogens with one attached hydrogen (secondary N) is 1. The van der Waals surface area contributed by atoms with E-state index in [-0.39, 0.29) is 13.0 Å². The molecule has 0 unspecified atom stereocenters. The van der Waals surface area contributed by atoms with Crippen LogP contribution in [0.5, 0.6) is 0 Å². The molecule has 0 aliphatic heterocycles. The van der Waals surface area contributed by atoms with Crippen LogP contribution < -0.4 is 9.62 Å². The van der Waals surface area contributed by atoms with Crippen LogP contribution in [-0.4, -0.2) is 48.9 Å². The SMILES string of the molecule is O=C(CCCCCN(c1cccc(Br)c1)C(=O)[C@H]1C[C@](O)(C(F)(F)F)C1)NS(=O)(=O)C1CC1. The Kier molecular flexibility index (Phi) is 7.79. The molecule has 0 radical (unpaired) electrons. The second-order valence-electron chi connectivity index (χ2n) is 8.68. The third-order valence-corrected chi connectivity index (χ3v) is 8.29. The molecular formula is C21H26BrF3N2O5S. The van der Waals surface area contributed by atoms with Gasteiger partial charge in [0.15, 0.2) is 5.60 Å². The summed E-state index contributed by atoms with van der Waals surface area (Å²) >= 11 is 3.32. The number of carbonyl (C=O) groups is 2. The van der Waals surface area contributed by atoms with Crippen molar-refractivity contribution in [3.05, 3.63) is 28.7 Å². The second kappa shape index (κ2) is 9.91. The lowest BCUT2D eigenvalue weighted by Gasteiger charge is -2.45. The van der Waals surface area contributed by atoms with Gasteiger partial charge >= 0.3 is 6.18 Å². The quantitative estimate of drug-likeness (QED) is 0.429. The lowest BCUT2D eigenvalue weighted by Crippen LogP contribution is -2.59. The largest absolute Gasteiger partial charge is 0.417 e. The number of sulfonamides is 1. The highest BCUT2D eigenvalue weighted by atomic mass is 79.9. The summed E-state index contributed by atoms with van der Waals surface area (Å²) < 4.78 is 65.2. The van der Waals surface area contributed by atoms with Crippen LogP contribution in [0.25, 0.3) is 0 Å². The number of hydrogen-bond donors (Lipinski definition) is 2. The summed E-state index contributed by atoms with van der Waals surface area (Å²) in [6, 6.07) is 6.82. The van der Waals surface area contributed by atoms with Gasteiger partial charge in [-0.3, -0.25) is 14.3 Å². The lowest BCUT2D eigenvalue weighted by atomic mass is 9.69. The van der Waals surface area contributed by atoms with Crippen LogP contribution in [0.4, 0.5) is 18.9 Å². The van der Waals surface area contributed by atoms with E-state index in [0.29, 0.717) is 42.3 Å². The number of amides is 2. The highest BCUT2D eigenvalue weighted by molar-refractivity contribution is 9.10. The molecule has 2 amide bonds. The molecule has 2 aliphatic carbocycles. The van der Waals surface area contributed by atoms with Gasteiger partial charge in [0, 0.05) is 29.0 Å². The van der Waals surface area contributed by atoms with E-state index >= 15 is 0 Å². The van der Waals surface area contributed by atoms with E-state index in [1.807, 2.05) is 0 Å². The van der Waals surface area contributed by atoms with Crippen LogP contribution >= 0.6 is 15.9 Å². The Morgan fingerprint density at radius 3 is 2.42 bits per heavy atom. The van der Waals surface area contributed by atoms with Gasteiger partial charge < -0.3 is 10.0 Å². The first-order chi connectivity index (χ1) is 15.3. The number of aliphatic hydroxyl groups is 1. The molecule has 2 saturated carbocycles. The van der Waals surface area contributed by atoms with Crippen LogP contribution in [0.2, 0.25) is 0 Å². The van der Waals surface area contributed by atoms with Gasteiger partial charge in [-0.15, -0.1) is 0 Å². The van der Waals surface area contributed by atoms with Gasteiger partial charge in [0.05, 0.1) is 5.25 Å². The number of benzene rings is 1. The van der Waals surface area contributed by atoms with Crippen LogP contribution in [-0.2, 0) is 19.6 Å². The topological polar surface area (TPSA) is 104 Å². The van der Waals surface area contributed by atoms with E-state index in [9.17, 15) is 36.3 Å². The van der Waals surface area contributed by atoms with Crippen molar-refractivity contribution in [3.63, 3.8) is 0 Å². The van der Waals surface area contributed by atoms with Gasteiger partial charge in [-0.2, -0.15) is 13.2 Å². The molecule has 33 heavy (non-hydrogen) atoms. The van der Waals surface area contributed by atoms with Crippen LogP contribution in [0.15, 0.2) is 28.7 Å². The minimum absolute atomic E-state index is 0.0258. The first-order valence-electron chi connectivity index (χ1n) is 10.7. The van der Waals surface area contributed by atoms with Crippen LogP contribution in [0.3, 0.4) is 0 Å². The number of carbonyl (C=O) groups excluding carboxylic acids is 2. The average molecular weight is 555 g/mol. The van der Waals surface area contributed by atoms with Crippen molar-refractivity contribution in [3.8, 4) is 0 Å². The summed E-state index contributed by atoms with van der Waals surface area (Å²) in [6.45, 7) is 0.220. The minimum Gasteiger partial charge on any atom is -0.380 e. The molecule has 1 aromatic rings. The van der Waals surface area contributed by atoms with Crippen LogP contribution in [0, 0.1) is 5.92 Å². The summed E-state index contributed by atoms with van der Waals surface area (Å²) in [7, 11) is -3.58. The third-order valence-electron chi connectivity index (χ3n) is 5.94. The molecule has 2 fully saturated rings. The van der Waals surface area contributed by atoms with Crippen molar-refractivity contribution < 1.29 is 36.3 Å². The molecular weight excluding hydrogens is 529 g/mol. The van der Waals surface area contributed by atoms with Gasteiger partial charge in [-0.25, -0.2) is 8.42 Å². The Bertz CT molecular complexity index is 992. The number of halogens is 4. The van der Waals surface area contributed by atoms with Gasteiger partial charge in [0.2, 0.25) is 21.8 Å². The molecule has 0 aromatic heterocycles. The van der Waals surface area contributed by atoms with E-state index < -0.39 is 57.6 Å². The maximum absolute atomic E-state index is 13.0. The van der Waals surface area contributed by atoms with Gasteiger partial charge in [-0.1, -0.05) is 28.4 Å². The van der Waals surface area contributed by atoms with Crippen molar-refractivity contribution in [1.29, 1.82) is 0 Å². The molecule has 2 N–H and O–H groups in total. The monoisotopic (exact) mass is 554 g/mol. The van der Waals surface area contributed by atoms with E-state index in [2.05, 4.69) is 20.7 Å². The summed E-state index contributed by atoms with van der Waals surface area (Å²) in [5.41, 5.74) is -2.31. The average Bonchev–Trinajstić information content (AvgIpc) is 3.52. The van der Waals surface area contributed by atoms with Gasteiger partial charge in [0.1, 0.15) is 0 Å². The van der Waals surface area contributed by atoms with E-state index in [0.717, 1.165) is 0 Å². The second-order valence-corrected chi connectivity index (χ2v) is 11.6. The predicted octanol–water partition coefficient (Wildman–Crippen LogP) is 3.65. The smallest absolute Gasteiger partial charge is 0.380 e. The summed E-state index contributed by atoms with van der Waals surface area (Å²) in [6.07, 6.45) is -3.58. The van der Waals surface area contributed by atoms with Crippen molar-refractivity contribution in [2.24, 2.45) is 5.92 Å². The zero-order valence-electron chi connectivity index (χ0n) is 17.8. The van der Waals surface area contributed by atoms with Crippen molar-refractivity contribution in [2.45, 2.75) is 68.4 Å². The summed E-state index contributed by atoms with van der Waals surface area (Å²) in [5, 5.41) is 9.22. The Morgan fingerprint density at radius 1 is 1.18 bits per heavy atom. The number of hydrogen-bond acceptors (Lipinski definition) is 5. The fraction of sp³-hybridized carbons (Fsp3) is 0.619. The van der Waals surface area contributed by atoms with E-state index in [1.54, 1.807) is 24.3 Å². The molecule has 184 valence electrons. The first kappa shape index (κ1) is 26.0. The Morgan fingerprint density at radius 2 is 1.85 bits per heavy atom. The molecule has 0 spiro atoms.